The third kappa shape index (κ3) is 2.50. The average molecular weight is 293 g/mol. The minimum atomic E-state index is -4.46. The third-order valence-electron chi connectivity index (χ3n) is 2.42. The van der Waals surface area contributed by atoms with Crippen molar-refractivity contribution in [2.24, 2.45) is 5.73 Å². The van der Waals surface area contributed by atoms with Crippen molar-refractivity contribution in [2.75, 3.05) is 0 Å². The fraction of sp³-hybridized carbons (Fsp3) is 0.182. The van der Waals surface area contributed by atoms with Gasteiger partial charge in [-0.3, -0.25) is 4.98 Å². The highest BCUT2D eigenvalue weighted by atomic mass is 35.5. The van der Waals surface area contributed by atoms with E-state index in [0.717, 1.165) is 18.5 Å². The van der Waals surface area contributed by atoms with Gasteiger partial charge in [-0.05, 0) is 17.5 Å². The van der Waals surface area contributed by atoms with Crippen LogP contribution in [-0.2, 0) is 6.18 Å². The Balaban J connectivity index is 2.49. The minimum Gasteiger partial charge on any atom is -0.320 e. The van der Waals surface area contributed by atoms with Gasteiger partial charge in [0, 0.05) is 22.8 Å². The fourth-order valence-electron chi connectivity index (χ4n) is 1.58. The van der Waals surface area contributed by atoms with Crippen LogP contribution in [0.15, 0.2) is 29.9 Å². The smallest absolute Gasteiger partial charge is 0.320 e. The van der Waals surface area contributed by atoms with Crippen LogP contribution in [0.3, 0.4) is 0 Å². The van der Waals surface area contributed by atoms with E-state index in [4.69, 9.17) is 17.3 Å². The summed E-state index contributed by atoms with van der Waals surface area (Å²) in [5.74, 6) is 0. The summed E-state index contributed by atoms with van der Waals surface area (Å²) in [5.41, 5.74) is 4.99. The highest BCUT2D eigenvalue weighted by Gasteiger charge is 2.35. The molecule has 0 fully saturated rings. The number of nitrogens with zero attached hydrogens (tertiary/aromatic N) is 1. The Bertz CT molecular complexity index is 553. The van der Waals surface area contributed by atoms with E-state index in [2.05, 4.69) is 4.98 Å². The van der Waals surface area contributed by atoms with Crippen molar-refractivity contribution in [1.82, 2.24) is 4.98 Å². The van der Waals surface area contributed by atoms with Crippen molar-refractivity contribution in [1.29, 1.82) is 0 Å². The van der Waals surface area contributed by atoms with Gasteiger partial charge in [0.2, 0.25) is 0 Å². The number of rotatable bonds is 2. The van der Waals surface area contributed by atoms with E-state index >= 15 is 0 Å². The second kappa shape index (κ2) is 4.87. The molecule has 0 radical (unpaired) electrons. The molecule has 7 heteroatoms. The van der Waals surface area contributed by atoms with Crippen LogP contribution in [0.5, 0.6) is 0 Å². The molecule has 2 N–H and O–H groups in total. The first kappa shape index (κ1) is 13.3. The molecule has 0 aromatic carbocycles. The Morgan fingerprint density at radius 1 is 1.33 bits per heavy atom. The molecule has 0 bridgehead atoms. The second-order valence-electron chi connectivity index (χ2n) is 3.57. The maximum absolute atomic E-state index is 12.8. The van der Waals surface area contributed by atoms with Crippen LogP contribution >= 0.6 is 22.9 Å². The van der Waals surface area contributed by atoms with E-state index in [1.807, 2.05) is 0 Å². The van der Waals surface area contributed by atoms with E-state index in [1.165, 1.54) is 11.3 Å². The number of nitrogens with two attached hydrogens (primary N) is 1. The maximum Gasteiger partial charge on any atom is 0.416 e. The zero-order chi connectivity index (χ0) is 13.3. The molecule has 2 nitrogen and oxygen atoms in total. The maximum atomic E-state index is 12.8. The molecule has 0 aliphatic rings. The molecule has 1 unspecified atom stereocenters. The van der Waals surface area contributed by atoms with Crippen LogP contribution < -0.4 is 5.73 Å². The van der Waals surface area contributed by atoms with Gasteiger partial charge < -0.3 is 5.73 Å². The molecular formula is C11H8ClF3N2S. The summed E-state index contributed by atoms with van der Waals surface area (Å²) in [6.07, 6.45) is -2.24. The highest BCUT2D eigenvalue weighted by Crippen LogP contribution is 2.38. The first-order chi connectivity index (χ1) is 8.41. The van der Waals surface area contributed by atoms with Gasteiger partial charge in [-0.15, -0.1) is 11.3 Å². The quantitative estimate of drug-likeness (QED) is 0.913. The van der Waals surface area contributed by atoms with E-state index in [0.29, 0.717) is 9.90 Å². The molecule has 1 atom stereocenters. The number of aromatic nitrogens is 1. The molecule has 2 aromatic heterocycles. The predicted octanol–water partition coefficient (Wildman–Crippen LogP) is 3.86. The standard InChI is InChI=1S/C11H8ClF3N2S/c12-8-2-4-18-10(8)9(16)6-5-17-3-1-7(6)11(13,14)15/h1-5,9H,16H2. The molecule has 0 saturated carbocycles. The lowest BCUT2D eigenvalue weighted by molar-refractivity contribution is -0.138. The minimum absolute atomic E-state index is 0.0747. The molecule has 2 heterocycles. The van der Waals surface area contributed by atoms with Crippen molar-refractivity contribution in [2.45, 2.75) is 12.2 Å². The number of pyridine rings is 1. The van der Waals surface area contributed by atoms with E-state index in [1.54, 1.807) is 11.4 Å². The first-order valence-electron chi connectivity index (χ1n) is 4.91. The van der Waals surface area contributed by atoms with Gasteiger partial charge in [0.05, 0.1) is 16.6 Å². The van der Waals surface area contributed by atoms with Crippen molar-refractivity contribution in [3.63, 3.8) is 0 Å². The SMILES string of the molecule is NC(c1cnccc1C(F)(F)F)c1sccc1Cl. The van der Waals surface area contributed by atoms with Gasteiger partial charge in [-0.2, -0.15) is 13.2 Å². The summed E-state index contributed by atoms with van der Waals surface area (Å²) in [6, 6.07) is 1.59. The number of halogens is 4. The molecule has 18 heavy (non-hydrogen) atoms. The summed E-state index contributed by atoms with van der Waals surface area (Å²) < 4.78 is 38.5. The zero-order valence-corrected chi connectivity index (χ0v) is 10.5. The Morgan fingerprint density at radius 3 is 2.61 bits per heavy atom. The molecule has 0 spiro atoms. The summed E-state index contributed by atoms with van der Waals surface area (Å²) >= 11 is 7.10. The van der Waals surface area contributed by atoms with E-state index in [9.17, 15) is 13.2 Å². The number of thiophene rings is 1. The Hall–Kier alpha value is -1.11. The largest absolute Gasteiger partial charge is 0.416 e. The molecular weight excluding hydrogens is 285 g/mol. The lowest BCUT2D eigenvalue weighted by Gasteiger charge is -2.17. The van der Waals surface area contributed by atoms with Gasteiger partial charge in [0.15, 0.2) is 0 Å². The van der Waals surface area contributed by atoms with Crippen LogP contribution in [0.4, 0.5) is 13.2 Å². The van der Waals surface area contributed by atoms with Crippen molar-refractivity contribution >= 4 is 22.9 Å². The predicted molar refractivity (Wildman–Crippen MR) is 64.6 cm³/mol. The van der Waals surface area contributed by atoms with Gasteiger partial charge in [0.1, 0.15) is 0 Å². The highest BCUT2D eigenvalue weighted by molar-refractivity contribution is 7.10. The lowest BCUT2D eigenvalue weighted by Crippen LogP contribution is -2.18. The third-order valence-corrected chi connectivity index (χ3v) is 3.86. The van der Waals surface area contributed by atoms with Crippen LogP contribution in [-0.4, -0.2) is 4.98 Å². The van der Waals surface area contributed by atoms with Crippen LogP contribution in [0.2, 0.25) is 5.02 Å². The average Bonchev–Trinajstić information content (AvgIpc) is 2.73. The van der Waals surface area contributed by atoms with Gasteiger partial charge in [-0.1, -0.05) is 11.6 Å². The van der Waals surface area contributed by atoms with Crippen LogP contribution in [0, 0.1) is 0 Å². The van der Waals surface area contributed by atoms with E-state index in [-0.39, 0.29) is 5.56 Å². The summed E-state index contributed by atoms with van der Waals surface area (Å²) in [7, 11) is 0. The van der Waals surface area contributed by atoms with Gasteiger partial charge in [-0.25, -0.2) is 0 Å². The van der Waals surface area contributed by atoms with Crippen LogP contribution in [0.25, 0.3) is 0 Å². The second-order valence-corrected chi connectivity index (χ2v) is 4.93. The molecule has 96 valence electrons. The lowest BCUT2D eigenvalue weighted by atomic mass is 10.0. The van der Waals surface area contributed by atoms with Crippen LogP contribution in [0.1, 0.15) is 22.0 Å². The molecule has 0 aliphatic heterocycles. The molecule has 2 rings (SSSR count). The van der Waals surface area contributed by atoms with Gasteiger partial charge in [0.25, 0.3) is 0 Å². The summed E-state index contributed by atoms with van der Waals surface area (Å²) in [5, 5.41) is 2.05. The molecule has 0 amide bonds. The monoisotopic (exact) mass is 292 g/mol. The summed E-state index contributed by atoms with van der Waals surface area (Å²) in [6.45, 7) is 0. The molecule has 0 saturated heterocycles. The normalized spacial score (nSPS) is 13.6. The Kier molecular flexibility index (Phi) is 3.61. The summed E-state index contributed by atoms with van der Waals surface area (Å²) in [4.78, 5) is 4.20. The van der Waals surface area contributed by atoms with Crippen molar-refractivity contribution in [3.05, 3.63) is 50.9 Å². The Morgan fingerprint density at radius 2 is 2.06 bits per heavy atom. The van der Waals surface area contributed by atoms with Gasteiger partial charge >= 0.3 is 6.18 Å². The molecule has 2 aromatic rings. The Labute approximate surface area is 110 Å². The van der Waals surface area contributed by atoms with E-state index < -0.39 is 17.8 Å². The molecule has 0 aliphatic carbocycles. The first-order valence-corrected chi connectivity index (χ1v) is 6.16. The number of hydrogen-bond donors (Lipinski definition) is 1. The number of alkyl halides is 3. The van der Waals surface area contributed by atoms with Crippen molar-refractivity contribution < 1.29 is 13.2 Å². The number of hydrogen-bond acceptors (Lipinski definition) is 3. The topological polar surface area (TPSA) is 38.9 Å². The van der Waals surface area contributed by atoms with Crippen molar-refractivity contribution in [3.8, 4) is 0 Å². The zero-order valence-electron chi connectivity index (χ0n) is 8.91. The fourth-order valence-corrected chi connectivity index (χ4v) is 2.78.